The largest absolute Gasteiger partial charge is 0.481 e. The number of urea groups is 1. The predicted molar refractivity (Wildman–Crippen MR) is 60.5 cm³/mol. The fraction of sp³-hybridized carbons (Fsp3) is 0.500. The molecule has 0 spiro atoms. The first-order valence-electron chi connectivity index (χ1n) is 5.32. The van der Waals surface area contributed by atoms with Gasteiger partial charge in [0.2, 0.25) is 0 Å². The lowest BCUT2D eigenvalue weighted by Gasteiger charge is -2.12. The van der Waals surface area contributed by atoms with Crippen LogP contribution in [0.1, 0.15) is 19.2 Å². The molecule has 1 unspecified atom stereocenters. The van der Waals surface area contributed by atoms with E-state index in [0.717, 1.165) is 5.82 Å². The number of hydrogen-bond donors (Lipinski definition) is 4. The third-order valence-corrected chi connectivity index (χ3v) is 2.06. The number of carbonyl (C=O) groups excluding carboxylic acids is 1. The van der Waals surface area contributed by atoms with Gasteiger partial charge in [0, 0.05) is 31.4 Å². The number of carbonyl (C=O) groups is 2. The molecule has 0 radical (unpaired) electrons. The van der Waals surface area contributed by atoms with Crippen molar-refractivity contribution >= 4 is 12.0 Å². The van der Waals surface area contributed by atoms with Crippen LogP contribution in [0, 0.1) is 0 Å². The second kappa shape index (κ2) is 6.51. The molecule has 0 aliphatic carbocycles. The average Bonchev–Trinajstić information content (AvgIpc) is 2.68. The summed E-state index contributed by atoms with van der Waals surface area (Å²) in [5, 5.41) is 13.7. The van der Waals surface area contributed by atoms with E-state index in [0.29, 0.717) is 13.0 Å². The number of H-pyrrole nitrogens is 1. The standard InChI is InChI=1S/C10H16N4O3/c1-7(6-9(15)16)14-10(17)13-3-2-8-11-4-5-12-8/h4-5,7H,2-3,6H2,1H3,(H,11,12)(H,15,16)(H2,13,14,17). The molecule has 1 heterocycles. The van der Waals surface area contributed by atoms with Gasteiger partial charge in [-0.05, 0) is 6.92 Å². The Balaban J connectivity index is 2.14. The number of aromatic amines is 1. The van der Waals surface area contributed by atoms with Crippen molar-refractivity contribution in [3.63, 3.8) is 0 Å². The number of rotatable bonds is 6. The van der Waals surface area contributed by atoms with Crippen LogP contribution in [0.5, 0.6) is 0 Å². The molecule has 0 saturated heterocycles. The molecule has 1 aromatic heterocycles. The Labute approximate surface area is 98.6 Å². The molecule has 94 valence electrons. The Bertz CT molecular complexity index is 364. The topological polar surface area (TPSA) is 107 Å². The first-order chi connectivity index (χ1) is 8.08. The molecule has 0 saturated carbocycles. The van der Waals surface area contributed by atoms with Crippen LogP contribution in [0.3, 0.4) is 0 Å². The molecule has 7 heteroatoms. The zero-order valence-corrected chi connectivity index (χ0v) is 9.56. The van der Waals surface area contributed by atoms with E-state index in [1.54, 1.807) is 19.3 Å². The molecule has 7 nitrogen and oxygen atoms in total. The Kier molecular flexibility index (Phi) is 4.99. The second-order valence-corrected chi connectivity index (χ2v) is 3.69. The molecular formula is C10H16N4O3. The van der Waals surface area contributed by atoms with E-state index in [2.05, 4.69) is 20.6 Å². The van der Waals surface area contributed by atoms with Gasteiger partial charge >= 0.3 is 12.0 Å². The fourth-order valence-electron chi connectivity index (χ4n) is 1.32. The minimum atomic E-state index is -0.937. The molecule has 0 aliphatic heterocycles. The van der Waals surface area contributed by atoms with E-state index in [1.165, 1.54) is 0 Å². The smallest absolute Gasteiger partial charge is 0.315 e. The molecule has 4 N–H and O–H groups in total. The zero-order chi connectivity index (χ0) is 12.7. The monoisotopic (exact) mass is 240 g/mol. The maximum Gasteiger partial charge on any atom is 0.315 e. The van der Waals surface area contributed by atoms with E-state index < -0.39 is 12.0 Å². The number of hydrogen-bond acceptors (Lipinski definition) is 3. The number of aliphatic carboxylic acids is 1. The van der Waals surface area contributed by atoms with E-state index >= 15 is 0 Å². The minimum absolute atomic E-state index is 0.0917. The van der Waals surface area contributed by atoms with Gasteiger partial charge in [-0.1, -0.05) is 0 Å². The first kappa shape index (κ1) is 13.0. The summed E-state index contributed by atoms with van der Waals surface area (Å²) in [5.74, 6) is -0.141. The number of carboxylic acids is 1. The highest BCUT2D eigenvalue weighted by Crippen LogP contribution is 1.90. The molecule has 2 amide bonds. The van der Waals surface area contributed by atoms with Gasteiger partial charge in [-0.3, -0.25) is 4.79 Å². The van der Waals surface area contributed by atoms with Crippen LogP contribution in [-0.2, 0) is 11.2 Å². The van der Waals surface area contributed by atoms with Crippen LogP contribution in [-0.4, -0.2) is 39.7 Å². The summed E-state index contributed by atoms with van der Waals surface area (Å²) in [6.07, 6.45) is 3.87. The normalized spacial score (nSPS) is 11.8. The van der Waals surface area contributed by atoms with Crippen molar-refractivity contribution in [2.45, 2.75) is 25.8 Å². The van der Waals surface area contributed by atoms with Crippen molar-refractivity contribution in [1.29, 1.82) is 0 Å². The number of nitrogens with zero attached hydrogens (tertiary/aromatic N) is 1. The summed E-state index contributed by atoms with van der Waals surface area (Å²) in [7, 11) is 0. The van der Waals surface area contributed by atoms with Gasteiger partial charge in [0.15, 0.2) is 0 Å². The van der Waals surface area contributed by atoms with Crippen LogP contribution in [0.15, 0.2) is 12.4 Å². The Morgan fingerprint density at radius 2 is 2.35 bits per heavy atom. The summed E-state index contributed by atoms with van der Waals surface area (Å²) >= 11 is 0. The van der Waals surface area contributed by atoms with E-state index in [1.807, 2.05) is 0 Å². The highest BCUT2D eigenvalue weighted by atomic mass is 16.4. The van der Waals surface area contributed by atoms with Crippen LogP contribution in [0.25, 0.3) is 0 Å². The predicted octanol–water partition coefficient (Wildman–Crippen LogP) is 0.115. The van der Waals surface area contributed by atoms with Gasteiger partial charge in [-0.2, -0.15) is 0 Å². The van der Waals surface area contributed by atoms with Gasteiger partial charge < -0.3 is 20.7 Å². The SMILES string of the molecule is CC(CC(=O)O)NC(=O)NCCc1ncc[nH]1. The van der Waals surface area contributed by atoms with Gasteiger partial charge in [-0.15, -0.1) is 0 Å². The molecule has 1 atom stereocenters. The lowest BCUT2D eigenvalue weighted by Crippen LogP contribution is -2.42. The number of carboxylic acid groups (broad SMARTS) is 1. The molecule has 0 fully saturated rings. The van der Waals surface area contributed by atoms with Crippen LogP contribution < -0.4 is 10.6 Å². The molecule has 17 heavy (non-hydrogen) atoms. The number of amides is 2. The van der Waals surface area contributed by atoms with Gasteiger partial charge in [-0.25, -0.2) is 9.78 Å². The molecule has 0 bridgehead atoms. The summed E-state index contributed by atoms with van der Waals surface area (Å²) in [6.45, 7) is 2.08. The van der Waals surface area contributed by atoms with E-state index in [-0.39, 0.29) is 12.5 Å². The Morgan fingerprint density at radius 1 is 1.59 bits per heavy atom. The summed E-state index contributed by atoms with van der Waals surface area (Å²) < 4.78 is 0. The number of nitrogens with one attached hydrogen (secondary N) is 3. The molecule has 0 aromatic carbocycles. The van der Waals surface area contributed by atoms with Crippen LogP contribution >= 0.6 is 0 Å². The minimum Gasteiger partial charge on any atom is -0.481 e. The summed E-state index contributed by atoms with van der Waals surface area (Å²) in [5.41, 5.74) is 0. The Hall–Kier alpha value is -2.05. The fourth-order valence-corrected chi connectivity index (χ4v) is 1.32. The third kappa shape index (κ3) is 5.55. The lowest BCUT2D eigenvalue weighted by atomic mass is 10.2. The maximum atomic E-state index is 11.3. The van der Waals surface area contributed by atoms with Gasteiger partial charge in [0.25, 0.3) is 0 Å². The van der Waals surface area contributed by atoms with Gasteiger partial charge in [0.1, 0.15) is 5.82 Å². The molecule has 1 aromatic rings. The highest BCUT2D eigenvalue weighted by molar-refractivity contribution is 5.75. The summed E-state index contributed by atoms with van der Waals surface area (Å²) in [6, 6.07) is -0.763. The van der Waals surface area contributed by atoms with Crippen molar-refractivity contribution in [2.75, 3.05) is 6.54 Å². The highest BCUT2D eigenvalue weighted by Gasteiger charge is 2.10. The molecule has 1 rings (SSSR count). The van der Waals surface area contributed by atoms with Crippen LogP contribution in [0.4, 0.5) is 4.79 Å². The van der Waals surface area contributed by atoms with E-state index in [4.69, 9.17) is 5.11 Å². The summed E-state index contributed by atoms with van der Waals surface area (Å²) in [4.78, 5) is 28.6. The maximum absolute atomic E-state index is 11.3. The van der Waals surface area contributed by atoms with E-state index in [9.17, 15) is 9.59 Å². The van der Waals surface area contributed by atoms with Gasteiger partial charge in [0.05, 0.1) is 6.42 Å². The van der Waals surface area contributed by atoms with Crippen molar-refractivity contribution in [3.8, 4) is 0 Å². The third-order valence-electron chi connectivity index (χ3n) is 2.06. The molecular weight excluding hydrogens is 224 g/mol. The lowest BCUT2D eigenvalue weighted by molar-refractivity contribution is -0.137. The van der Waals surface area contributed by atoms with Crippen molar-refractivity contribution in [1.82, 2.24) is 20.6 Å². The zero-order valence-electron chi connectivity index (χ0n) is 9.56. The second-order valence-electron chi connectivity index (χ2n) is 3.69. The van der Waals surface area contributed by atoms with Crippen molar-refractivity contribution in [2.24, 2.45) is 0 Å². The molecule has 0 aliphatic rings. The first-order valence-corrected chi connectivity index (χ1v) is 5.32. The Morgan fingerprint density at radius 3 is 2.94 bits per heavy atom. The van der Waals surface area contributed by atoms with Crippen LogP contribution in [0.2, 0.25) is 0 Å². The van der Waals surface area contributed by atoms with Crippen molar-refractivity contribution in [3.05, 3.63) is 18.2 Å². The average molecular weight is 240 g/mol. The van der Waals surface area contributed by atoms with Crippen molar-refractivity contribution < 1.29 is 14.7 Å². The number of aromatic nitrogens is 2. The number of imidazole rings is 1. The quantitative estimate of drug-likeness (QED) is 0.566.